The Morgan fingerprint density at radius 2 is 1.91 bits per heavy atom. The van der Waals surface area contributed by atoms with Gasteiger partial charge in [-0.2, -0.15) is 23.4 Å². The normalized spacial score (nSPS) is 15.6. The second-order valence-electron chi connectivity index (χ2n) is 8.12. The highest BCUT2D eigenvalue weighted by Gasteiger charge is 2.50. The standard InChI is InChI=1S/C23H18F3N5O3S/c1-22(2)19(33)30(15-4-3-13(11-27)17(10-15)23(24,25)26)21(35)31(22)16-5-6-18-14(9-16)12-28-20(29-18)34-8-7-32/h3-6,9-10,12,32H,7-8H2,1-2H3. The van der Waals surface area contributed by atoms with Crippen molar-refractivity contribution < 1.29 is 27.8 Å². The van der Waals surface area contributed by atoms with Crippen LogP contribution in [0.5, 0.6) is 6.01 Å². The van der Waals surface area contributed by atoms with Crippen molar-refractivity contribution in [2.45, 2.75) is 25.6 Å². The number of fused-ring (bicyclic) bond motifs is 1. The number of hydrogen-bond acceptors (Lipinski definition) is 7. The summed E-state index contributed by atoms with van der Waals surface area (Å²) in [5, 5.41) is 18.5. The molecule has 4 rings (SSSR count). The summed E-state index contributed by atoms with van der Waals surface area (Å²) in [6.07, 6.45) is -3.26. The van der Waals surface area contributed by atoms with Gasteiger partial charge in [0.2, 0.25) is 0 Å². The topological polar surface area (TPSA) is 103 Å². The number of rotatable bonds is 5. The summed E-state index contributed by atoms with van der Waals surface area (Å²) in [6.45, 7) is 3.09. The summed E-state index contributed by atoms with van der Waals surface area (Å²) in [5.41, 5.74) is -1.94. The number of nitrogens with zero attached hydrogens (tertiary/aromatic N) is 5. The number of carbonyl (C=O) groups is 1. The Labute approximate surface area is 203 Å². The fourth-order valence-corrected chi connectivity index (χ4v) is 4.33. The van der Waals surface area contributed by atoms with E-state index in [1.54, 1.807) is 36.9 Å². The minimum Gasteiger partial charge on any atom is -0.461 e. The van der Waals surface area contributed by atoms with E-state index in [1.165, 1.54) is 18.3 Å². The Morgan fingerprint density at radius 3 is 2.57 bits per heavy atom. The average Bonchev–Trinajstić information content (AvgIpc) is 2.99. The quantitative estimate of drug-likeness (QED) is 0.527. The van der Waals surface area contributed by atoms with Gasteiger partial charge in [-0.1, -0.05) is 0 Å². The van der Waals surface area contributed by atoms with Crippen molar-refractivity contribution in [2.75, 3.05) is 23.0 Å². The SMILES string of the molecule is CC1(C)C(=O)N(c2ccc(C#N)c(C(F)(F)F)c2)C(=S)N1c1ccc2nc(OCCO)ncc2c1. The van der Waals surface area contributed by atoms with Crippen LogP contribution in [0, 0.1) is 11.3 Å². The van der Waals surface area contributed by atoms with Crippen LogP contribution in [0.3, 0.4) is 0 Å². The fraction of sp³-hybridized carbons (Fsp3) is 0.261. The van der Waals surface area contributed by atoms with Gasteiger partial charge < -0.3 is 14.7 Å². The lowest BCUT2D eigenvalue weighted by molar-refractivity contribution is -0.137. The van der Waals surface area contributed by atoms with E-state index in [1.807, 2.05) is 0 Å². The number of anilines is 2. The minimum atomic E-state index is -4.78. The van der Waals surface area contributed by atoms with E-state index in [9.17, 15) is 18.0 Å². The van der Waals surface area contributed by atoms with Gasteiger partial charge in [0.05, 0.1) is 35.0 Å². The number of aliphatic hydroxyl groups excluding tert-OH is 1. The van der Waals surface area contributed by atoms with Crippen molar-refractivity contribution in [3.05, 3.63) is 53.7 Å². The smallest absolute Gasteiger partial charge is 0.417 e. The Balaban J connectivity index is 1.74. The maximum Gasteiger partial charge on any atom is 0.417 e. The lowest BCUT2D eigenvalue weighted by Crippen LogP contribution is -2.44. The first-order valence-electron chi connectivity index (χ1n) is 10.3. The molecule has 0 bridgehead atoms. The Kier molecular flexibility index (Phi) is 6.08. The number of aromatic nitrogens is 2. The lowest BCUT2D eigenvalue weighted by atomic mass is 10.0. The highest BCUT2D eigenvalue weighted by Crippen LogP contribution is 2.40. The first-order valence-corrected chi connectivity index (χ1v) is 10.7. The molecule has 8 nitrogen and oxygen atoms in total. The number of aliphatic hydroxyl groups is 1. The van der Waals surface area contributed by atoms with Gasteiger partial charge in [0.15, 0.2) is 5.11 Å². The largest absolute Gasteiger partial charge is 0.461 e. The van der Waals surface area contributed by atoms with Crippen molar-refractivity contribution >= 4 is 45.5 Å². The van der Waals surface area contributed by atoms with E-state index in [0.717, 1.165) is 17.0 Å². The Hall–Kier alpha value is -3.82. The molecule has 0 aliphatic carbocycles. The molecular weight excluding hydrogens is 483 g/mol. The van der Waals surface area contributed by atoms with E-state index in [2.05, 4.69) is 9.97 Å². The number of halogens is 3. The molecule has 1 aromatic heterocycles. The van der Waals surface area contributed by atoms with Crippen molar-refractivity contribution in [1.82, 2.24) is 9.97 Å². The molecule has 1 aliphatic rings. The lowest BCUT2D eigenvalue weighted by Gasteiger charge is -2.29. The zero-order valence-corrected chi connectivity index (χ0v) is 19.3. The number of alkyl halides is 3. The number of nitriles is 1. The highest BCUT2D eigenvalue weighted by atomic mass is 32.1. The summed E-state index contributed by atoms with van der Waals surface area (Å²) in [6, 6.07) is 9.72. The van der Waals surface area contributed by atoms with Crippen molar-refractivity contribution in [3.8, 4) is 12.1 Å². The summed E-state index contributed by atoms with van der Waals surface area (Å²) in [4.78, 5) is 24.3. The van der Waals surface area contributed by atoms with Crippen molar-refractivity contribution in [1.29, 1.82) is 5.26 Å². The van der Waals surface area contributed by atoms with E-state index in [-0.39, 0.29) is 30.0 Å². The summed E-state index contributed by atoms with van der Waals surface area (Å²) in [5.74, 6) is -0.524. The Morgan fingerprint density at radius 1 is 1.20 bits per heavy atom. The molecule has 2 aromatic carbocycles. The van der Waals surface area contributed by atoms with Gasteiger partial charge in [-0.05, 0) is 62.5 Å². The van der Waals surface area contributed by atoms with Gasteiger partial charge >= 0.3 is 12.2 Å². The van der Waals surface area contributed by atoms with E-state index in [0.29, 0.717) is 16.6 Å². The first kappa shape index (κ1) is 24.3. The van der Waals surface area contributed by atoms with E-state index >= 15 is 0 Å². The zero-order valence-electron chi connectivity index (χ0n) is 18.5. The second-order valence-corrected chi connectivity index (χ2v) is 8.49. The number of carbonyl (C=O) groups excluding carboxylic acids is 1. The third-order valence-corrected chi connectivity index (χ3v) is 5.84. The fourth-order valence-electron chi connectivity index (χ4n) is 3.81. The molecule has 1 amide bonds. The minimum absolute atomic E-state index is 0.0130. The molecule has 1 N–H and O–H groups in total. The number of hydrogen-bond donors (Lipinski definition) is 1. The summed E-state index contributed by atoms with van der Waals surface area (Å²) in [7, 11) is 0. The van der Waals surface area contributed by atoms with Crippen LogP contribution >= 0.6 is 12.2 Å². The molecule has 1 saturated heterocycles. The van der Waals surface area contributed by atoms with Crippen LogP contribution in [0.1, 0.15) is 25.0 Å². The third-order valence-electron chi connectivity index (χ3n) is 5.48. The number of thiocarbonyl (C=S) groups is 1. The van der Waals surface area contributed by atoms with Crippen LogP contribution in [-0.2, 0) is 11.0 Å². The molecule has 0 radical (unpaired) electrons. The molecule has 180 valence electrons. The van der Waals surface area contributed by atoms with Crippen molar-refractivity contribution in [2.24, 2.45) is 0 Å². The molecule has 12 heteroatoms. The predicted molar refractivity (Wildman–Crippen MR) is 125 cm³/mol. The maximum absolute atomic E-state index is 13.5. The van der Waals surface area contributed by atoms with Gasteiger partial charge in [-0.25, -0.2) is 4.98 Å². The van der Waals surface area contributed by atoms with Gasteiger partial charge in [-0.15, -0.1) is 0 Å². The molecule has 0 atom stereocenters. The molecule has 35 heavy (non-hydrogen) atoms. The molecule has 1 aliphatic heterocycles. The van der Waals surface area contributed by atoms with Crippen LogP contribution in [0.2, 0.25) is 0 Å². The van der Waals surface area contributed by atoms with Crippen LogP contribution in [0.25, 0.3) is 10.9 Å². The monoisotopic (exact) mass is 501 g/mol. The molecule has 0 unspecified atom stereocenters. The van der Waals surface area contributed by atoms with E-state index < -0.39 is 28.7 Å². The molecule has 1 fully saturated rings. The van der Waals surface area contributed by atoms with E-state index in [4.69, 9.17) is 27.3 Å². The molecule has 0 spiro atoms. The number of benzene rings is 2. The van der Waals surface area contributed by atoms with Gasteiger partial charge in [0.25, 0.3) is 5.91 Å². The maximum atomic E-state index is 13.5. The van der Waals surface area contributed by atoms with Crippen LogP contribution in [0.15, 0.2) is 42.6 Å². The van der Waals surface area contributed by atoms with Crippen LogP contribution in [-0.4, -0.2) is 44.8 Å². The highest BCUT2D eigenvalue weighted by molar-refractivity contribution is 7.81. The predicted octanol–water partition coefficient (Wildman–Crippen LogP) is 3.81. The van der Waals surface area contributed by atoms with Gasteiger partial charge in [0, 0.05) is 17.3 Å². The van der Waals surface area contributed by atoms with Crippen LogP contribution < -0.4 is 14.5 Å². The molecular formula is C23H18F3N5O3S. The van der Waals surface area contributed by atoms with Gasteiger partial charge in [-0.3, -0.25) is 9.69 Å². The average molecular weight is 501 g/mol. The molecule has 0 saturated carbocycles. The molecule has 3 aromatic rings. The zero-order chi connectivity index (χ0) is 25.5. The van der Waals surface area contributed by atoms with Gasteiger partial charge in [0.1, 0.15) is 12.1 Å². The summed E-state index contributed by atoms with van der Waals surface area (Å²) >= 11 is 5.55. The second kappa shape index (κ2) is 8.75. The number of amides is 1. The van der Waals surface area contributed by atoms with Crippen LogP contribution in [0.4, 0.5) is 24.5 Å². The summed E-state index contributed by atoms with van der Waals surface area (Å²) < 4.78 is 45.7. The third kappa shape index (κ3) is 4.24. The molecule has 2 heterocycles. The van der Waals surface area contributed by atoms with Crippen molar-refractivity contribution in [3.63, 3.8) is 0 Å². The Bertz CT molecular complexity index is 1390. The first-order chi connectivity index (χ1) is 16.5. The number of ether oxygens (including phenoxy) is 1.